The number of benzene rings is 4. The molecule has 5 heterocycles. The summed E-state index contributed by atoms with van der Waals surface area (Å²) < 4.78 is 198. The van der Waals surface area contributed by atoms with Gasteiger partial charge in [0.15, 0.2) is 44.7 Å². The first-order chi connectivity index (χ1) is 43.7. The van der Waals surface area contributed by atoms with Crippen LogP contribution in [0.4, 0.5) is 51.0 Å². The highest BCUT2D eigenvalue weighted by Crippen LogP contribution is 2.26. The Morgan fingerprint density at radius 3 is 1.52 bits per heavy atom. The number of carbonyl (C=O) groups is 4. The zero-order valence-electron chi connectivity index (χ0n) is 49.9. The van der Waals surface area contributed by atoms with Crippen LogP contribution < -0.4 is 32.6 Å². The number of likely N-dealkylation sites (tertiary alicyclic amines) is 2. The maximum absolute atomic E-state index is 13.8. The lowest BCUT2D eigenvalue weighted by Crippen LogP contribution is -2.55. The summed E-state index contributed by atoms with van der Waals surface area (Å²) in [4.78, 5) is 60.1. The molecule has 9 N–H and O–H groups in total. The number of aryl methyl sites for hydroxylation is 1. The lowest BCUT2D eigenvalue weighted by Gasteiger charge is -2.38. The number of sulfonamides is 2. The molecular formula is C60H66F9N11O10S3. The maximum atomic E-state index is 13.8. The molecule has 0 spiro atoms. The first kappa shape index (κ1) is 72.5. The molecule has 3 saturated heterocycles. The van der Waals surface area contributed by atoms with Crippen LogP contribution in [0, 0.1) is 71.1 Å². The standard InChI is InChI=1S/C21H22F3N3O4S.C20H21F3N4O2.C19H23F3N4O4S2/c1-32(30,31)16-4-2-3-15(8-16)26-21(29)13-10-27(11-13)20(28)7-14(25)5-12-6-18(23)19(24)9-17(12)22;1-11-3-2-4-18(25-11)26-20(29)13-9-27(10-13)19(28)7-14(24)5-12-6-16(22)17(23)8-15(12)21;20-17-9-19(22)18(21)8-13(17)7-14(23)12-31(27,28)26-6-2-3-15(26)10-25-32(29,30)16-4-1-5-24-11-16/h2-4,6,8-9,13-14H,5,7,10-11,25H2,1H3,(H,26,29);2-4,6,8,13-14H,5,7,9-10,24H2,1H3,(H,25,26,29);1,4-5,8-9,11,14-15,25H,2-3,6-7,10,12,23H2/t2*14-;14-,15+/m111/s1. The molecule has 9 rings (SSSR count). The van der Waals surface area contributed by atoms with Crippen LogP contribution in [0.1, 0.15) is 48.1 Å². The van der Waals surface area contributed by atoms with Crippen molar-refractivity contribution >= 4 is 65.0 Å². The van der Waals surface area contributed by atoms with E-state index < -0.39 is 118 Å². The van der Waals surface area contributed by atoms with Crippen molar-refractivity contribution in [3.05, 3.63) is 178 Å². The summed E-state index contributed by atoms with van der Waals surface area (Å²) >= 11 is 0. The second-order valence-electron chi connectivity index (χ2n) is 22.5. The monoisotopic (exact) mass is 1370 g/mol. The Kier molecular flexibility index (Phi) is 24.4. The average Bonchev–Trinajstić information content (AvgIpc) is 1.77. The number of anilines is 2. The third-order valence-electron chi connectivity index (χ3n) is 15.0. The van der Waals surface area contributed by atoms with E-state index in [0.717, 1.165) is 24.1 Å². The number of rotatable bonds is 22. The largest absolute Gasteiger partial charge is 0.341 e. The van der Waals surface area contributed by atoms with E-state index in [4.69, 9.17) is 17.2 Å². The summed E-state index contributed by atoms with van der Waals surface area (Å²) in [5.41, 5.74) is 18.3. The average molecular weight is 1370 g/mol. The van der Waals surface area contributed by atoms with Gasteiger partial charge < -0.3 is 37.6 Å². The molecule has 4 amide bonds. The lowest BCUT2D eigenvalue weighted by atomic mass is 9.96. The molecule has 33 heteroatoms. The van der Waals surface area contributed by atoms with Gasteiger partial charge in [0.1, 0.15) is 28.2 Å². The molecule has 3 aliphatic rings. The molecule has 2 aromatic heterocycles. The Balaban J connectivity index is 0.000000198. The Morgan fingerprint density at radius 1 is 0.581 bits per heavy atom. The molecule has 0 saturated carbocycles. The van der Waals surface area contributed by atoms with Gasteiger partial charge in [-0.05, 0) is 116 Å². The molecule has 93 heavy (non-hydrogen) atoms. The molecule has 0 radical (unpaired) electrons. The minimum absolute atomic E-state index is 0.0389. The normalized spacial score (nSPS) is 16.3. The van der Waals surface area contributed by atoms with E-state index in [1.165, 1.54) is 56.8 Å². The molecule has 0 bridgehead atoms. The minimum atomic E-state index is -3.92. The number of nitrogens with zero attached hydrogens (tertiary/aromatic N) is 5. The molecule has 6 aromatic rings. The van der Waals surface area contributed by atoms with Gasteiger partial charge in [0.25, 0.3) is 0 Å². The molecule has 4 aromatic carbocycles. The quantitative estimate of drug-likeness (QED) is 0.0377. The SMILES string of the molecule is CS(=O)(=O)c1cccc(NC(=O)C2CN(C(=O)C[C@H](N)Cc3cc(F)c(F)cc3F)C2)c1.Cc1cccc(NC(=O)C2CN(C(=O)C[C@H](N)Cc3cc(F)c(F)cc3F)C2)n1.N[C@H](Cc1cc(F)c(F)cc1F)CS(=O)(=O)N1CCC[C@H]1CNS(=O)(=O)c1cccnc1. The van der Waals surface area contributed by atoms with E-state index in [9.17, 15) is 83.9 Å². The van der Waals surface area contributed by atoms with E-state index in [0.29, 0.717) is 48.6 Å². The van der Waals surface area contributed by atoms with Crippen LogP contribution in [0.25, 0.3) is 0 Å². The van der Waals surface area contributed by atoms with Gasteiger partial charge in [-0.15, -0.1) is 0 Å². The smallest absolute Gasteiger partial charge is 0.242 e. The third-order valence-corrected chi connectivity index (χ3v) is 19.6. The van der Waals surface area contributed by atoms with Crippen molar-refractivity contribution in [3.63, 3.8) is 0 Å². The number of halogens is 9. The van der Waals surface area contributed by atoms with Gasteiger partial charge in [-0.1, -0.05) is 12.1 Å². The molecule has 4 atom stereocenters. The van der Waals surface area contributed by atoms with Crippen molar-refractivity contribution in [3.8, 4) is 0 Å². The van der Waals surface area contributed by atoms with Crippen molar-refractivity contribution in [2.75, 3.05) is 61.9 Å². The van der Waals surface area contributed by atoms with E-state index in [-0.39, 0.29) is 127 Å². The van der Waals surface area contributed by atoms with Crippen LogP contribution in [0.15, 0.2) is 113 Å². The number of hydrogen-bond acceptors (Lipinski definition) is 15. The van der Waals surface area contributed by atoms with Crippen molar-refractivity contribution in [1.82, 2.24) is 28.8 Å². The molecular weight excluding hydrogens is 1300 g/mol. The van der Waals surface area contributed by atoms with Gasteiger partial charge in [0, 0.05) is 125 Å². The molecule has 502 valence electrons. The highest BCUT2D eigenvalue weighted by Gasteiger charge is 2.39. The summed E-state index contributed by atoms with van der Waals surface area (Å²) in [6.45, 7) is 2.68. The highest BCUT2D eigenvalue weighted by molar-refractivity contribution is 7.90. The predicted molar refractivity (Wildman–Crippen MR) is 322 cm³/mol. The maximum Gasteiger partial charge on any atom is 0.242 e. The Labute approximate surface area is 530 Å². The Hall–Kier alpha value is -7.92. The van der Waals surface area contributed by atoms with Crippen molar-refractivity contribution < 1.29 is 83.9 Å². The van der Waals surface area contributed by atoms with Crippen LogP contribution >= 0.6 is 0 Å². The van der Waals surface area contributed by atoms with Gasteiger partial charge in [-0.3, -0.25) is 24.2 Å². The fourth-order valence-corrected chi connectivity index (χ4v) is 13.6. The van der Waals surface area contributed by atoms with E-state index >= 15 is 0 Å². The van der Waals surface area contributed by atoms with Gasteiger partial charge in [0.2, 0.25) is 43.7 Å². The zero-order chi connectivity index (χ0) is 68.3. The van der Waals surface area contributed by atoms with E-state index in [2.05, 4.69) is 25.3 Å². The van der Waals surface area contributed by atoms with Crippen molar-refractivity contribution in [2.45, 2.75) is 85.8 Å². The fraction of sp³-hybridized carbons (Fsp3) is 0.367. The van der Waals surface area contributed by atoms with Crippen LogP contribution in [0.3, 0.4) is 0 Å². The Bertz CT molecular complexity index is 4070. The second kappa shape index (κ2) is 31.3. The molecule has 21 nitrogen and oxygen atoms in total. The molecule has 3 fully saturated rings. The number of pyridine rings is 2. The topological polar surface area (TPSA) is 320 Å². The van der Waals surface area contributed by atoms with Crippen LogP contribution in [-0.2, 0) is 68.3 Å². The van der Waals surface area contributed by atoms with E-state index in [1.54, 1.807) is 18.2 Å². The fourth-order valence-electron chi connectivity index (χ4n) is 10.0. The first-order valence-corrected chi connectivity index (χ1v) is 33.6. The Morgan fingerprint density at radius 2 is 1.04 bits per heavy atom. The number of amides is 4. The summed E-state index contributed by atoms with van der Waals surface area (Å²) in [6, 6.07) is 14.1. The first-order valence-electron chi connectivity index (χ1n) is 28.6. The summed E-state index contributed by atoms with van der Waals surface area (Å²) in [6.07, 6.45) is 3.85. The van der Waals surface area contributed by atoms with Gasteiger partial charge >= 0.3 is 0 Å². The third kappa shape index (κ3) is 20.3. The summed E-state index contributed by atoms with van der Waals surface area (Å²) in [7, 11) is -11.2. The van der Waals surface area contributed by atoms with Gasteiger partial charge in [-0.25, -0.2) is 74.5 Å². The second-order valence-corrected chi connectivity index (χ2v) is 28.3. The molecule has 0 aliphatic carbocycles. The molecule has 0 unspecified atom stereocenters. The van der Waals surface area contributed by atoms with Crippen molar-refractivity contribution in [2.24, 2.45) is 29.0 Å². The van der Waals surface area contributed by atoms with Gasteiger partial charge in [-0.2, -0.15) is 4.31 Å². The number of nitrogens with two attached hydrogens (primary N) is 3. The lowest BCUT2D eigenvalue weighted by molar-refractivity contribution is -0.142. The molecule has 3 aliphatic heterocycles. The van der Waals surface area contributed by atoms with Crippen LogP contribution in [0.5, 0.6) is 0 Å². The number of nitrogens with one attached hydrogen (secondary N) is 3. The van der Waals surface area contributed by atoms with Crippen molar-refractivity contribution in [1.29, 1.82) is 0 Å². The predicted octanol–water partition coefficient (Wildman–Crippen LogP) is 5.17. The van der Waals surface area contributed by atoms with Crippen LogP contribution in [0.2, 0.25) is 0 Å². The number of aromatic nitrogens is 2. The minimum Gasteiger partial charge on any atom is -0.341 e. The number of hydrogen-bond donors (Lipinski definition) is 6. The zero-order valence-corrected chi connectivity index (χ0v) is 52.3. The highest BCUT2D eigenvalue weighted by atomic mass is 32.2. The van der Waals surface area contributed by atoms with E-state index in [1.807, 2.05) is 13.0 Å². The summed E-state index contributed by atoms with van der Waals surface area (Å²) in [5, 5.41) is 5.34. The number of sulfone groups is 1. The number of carbonyl (C=O) groups excluding carboxylic acids is 4. The van der Waals surface area contributed by atoms with Gasteiger partial charge in [0.05, 0.1) is 22.5 Å². The summed E-state index contributed by atoms with van der Waals surface area (Å²) in [5.74, 6) is -12.5. The van der Waals surface area contributed by atoms with Crippen LogP contribution in [-0.4, -0.2) is 148 Å².